The second-order valence-corrected chi connectivity index (χ2v) is 9.85. The van der Waals surface area contributed by atoms with Crippen LogP contribution < -0.4 is 16.0 Å². The maximum Gasteiger partial charge on any atom is 0.403 e. The van der Waals surface area contributed by atoms with Crippen LogP contribution in [0, 0.1) is 0 Å². The lowest BCUT2D eigenvalue weighted by Crippen LogP contribution is -2.37. The van der Waals surface area contributed by atoms with Gasteiger partial charge in [0, 0.05) is 40.5 Å². The molecule has 4 aromatic rings. The molecule has 2 aromatic carbocycles. The van der Waals surface area contributed by atoms with Gasteiger partial charge in [-0.2, -0.15) is 4.98 Å². The summed E-state index contributed by atoms with van der Waals surface area (Å²) >= 11 is 11.6. The fourth-order valence-electron chi connectivity index (χ4n) is 4.25. The van der Waals surface area contributed by atoms with E-state index in [9.17, 15) is 14.4 Å². The van der Waals surface area contributed by atoms with Crippen molar-refractivity contribution in [1.82, 2.24) is 15.3 Å². The third-order valence-electron chi connectivity index (χ3n) is 6.18. The Kier molecular flexibility index (Phi) is 9.18. The molecule has 0 radical (unpaired) electrons. The smallest absolute Gasteiger partial charge is 0.403 e. The van der Waals surface area contributed by atoms with Gasteiger partial charge < -0.3 is 24.5 Å². The second kappa shape index (κ2) is 13.4. The Bertz CT molecular complexity index is 1720. The van der Waals surface area contributed by atoms with E-state index in [0.717, 1.165) is 0 Å². The van der Waals surface area contributed by atoms with Crippen LogP contribution in [-0.4, -0.2) is 46.4 Å². The van der Waals surface area contributed by atoms with Gasteiger partial charge in [-0.25, -0.2) is 19.6 Å². The van der Waals surface area contributed by atoms with Gasteiger partial charge in [0.25, 0.3) is 5.91 Å². The molecule has 0 spiro atoms. The number of benzene rings is 2. The first-order chi connectivity index (χ1) is 20.8. The number of esters is 1. The number of para-hydroxylation sites is 2. The SMILES string of the molecule is CC1=C(C(=O)Nc2cc(C(=O)OCCCOC(=O)Cl)ccn2)C(c2ccccc2Cl)N=C(Nc2nc3ccccc3o2)N1. The fourth-order valence-corrected chi connectivity index (χ4v) is 4.57. The number of carbonyl (C=O) groups excluding carboxylic acids is 3. The minimum atomic E-state index is -0.933. The lowest BCUT2D eigenvalue weighted by atomic mass is 9.95. The van der Waals surface area contributed by atoms with Crippen molar-refractivity contribution in [2.45, 2.75) is 19.4 Å². The molecular formula is C29H24Cl2N6O6. The molecular weight excluding hydrogens is 599 g/mol. The molecule has 220 valence electrons. The fraction of sp³-hybridized carbons (Fsp3) is 0.172. The highest BCUT2D eigenvalue weighted by Gasteiger charge is 2.31. The summed E-state index contributed by atoms with van der Waals surface area (Å²) in [5, 5.41) is 9.29. The number of fused-ring (bicyclic) bond motifs is 1. The lowest BCUT2D eigenvalue weighted by Gasteiger charge is -2.26. The van der Waals surface area contributed by atoms with Crippen LogP contribution in [0.4, 0.5) is 16.6 Å². The van der Waals surface area contributed by atoms with Gasteiger partial charge in [0.1, 0.15) is 17.4 Å². The number of allylic oxidation sites excluding steroid dienone is 1. The lowest BCUT2D eigenvalue weighted by molar-refractivity contribution is -0.113. The van der Waals surface area contributed by atoms with Crippen molar-refractivity contribution in [3.8, 4) is 0 Å². The van der Waals surface area contributed by atoms with E-state index in [0.29, 0.717) is 33.3 Å². The highest BCUT2D eigenvalue weighted by Crippen LogP contribution is 2.35. The topological polar surface area (TPSA) is 157 Å². The number of carbonyl (C=O) groups is 3. The first kappa shape index (κ1) is 29.5. The zero-order valence-electron chi connectivity index (χ0n) is 22.6. The molecule has 3 N–H and O–H groups in total. The number of nitrogens with zero attached hydrogens (tertiary/aromatic N) is 3. The Morgan fingerprint density at radius 1 is 1.05 bits per heavy atom. The highest BCUT2D eigenvalue weighted by atomic mass is 35.5. The number of guanidine groups is 1. The molecule has 0 fully saturated rings. The normalized spacial score (nSPS) is 14.5. The van der Waals surface area contributed by atoms with E-state index in [2.05, 4.69) is 30.7 Å². The second-order valence-electron chi connectivity index (χ2n) is 9.14. The highest BCUT2D eigenvalue weighted by molar-refractivity contribution is 6.61. The van der Waals surface area contributed by atoms with Crippen molar-refractivity contribution < 1.29 is 28.3 Å². The zero-order chi connectivity index (χ0) is 30.3. The molecule has 1 unspecified atom stereocenters. The van der Waals surface area contributed by atoms with Gasteiger partial charge in [0.2, 0.25) is 5.96 Å². The first-order valence-corrected chi connectivity index (χ1v) is 13.7. The third-order valence-corrected chi connectivity index (χ3v) is 6.63. The predicted octanol–water partition coefficient (Wildman–Crippen LogP) is 5.82. The average Bonchev–Trinajstić information content (AvgIpc) is 3.39. The van der Waals surface area contributed by atoms with E-state index < -0.39 is 23.3 Å². The molecule has 2 aromatic heterocycles. The summed E-state index contributed by atoms with van der Waals surface area (Å²) < 4.78 is 15.5. The zero-order valence-corrected chi connectivity index (χ0v) is 24.1. The summed E-state index contributed by atoms with van der Waals surface area (Å²) in [7, 11) is 0. The molecule has 0 bridgehead atoms. The number of halogens is 2. The summed E-state index contributed by atoms with van der Waals surface area (Å²) in [6.45, 7) is 1.74. The maximum atomic E-state index is 13.7. The summed E-state index contributed by atoms with van der Waals surface area (Å²) in [5.74, 6) is -0.735. The molecule has 0 aliphatic carbocycles. The summed E-state index contributed by atoms with van der Waals surface area (Å²) in [6.07, 6.45) is 1.64. The summed E-state index contributed by atoms with van der Waals surface area (Å²) in [4.78, 5) is 50.1. The van der Waals surface area contributed by atoms with Crippen molar-refractivity contribution >= 4 is 69.4 Å². The summed E-state index contributed by atoms with van der Waals surface area (Å²) in [5.41, 5.74) is 1.87. The van der Waals surface area contributed by atoms with Crippen LogP contribution in [-0.2, 0) is 14.3 Å². The number of amides is 1. The Morgan fingerprint density at radius 3 is 2.60 bits per heavy atom. The number of nitrogens with one attached hydrogen (secondary N) is 3. The molecule has 1 atom stereocenters. The van der Waals surface area contributed by atoms with Crippen LogP contribution in [0.15, 0.2) is 87.5 Å². The van der Waals surface area contributed by atoms with E-state index in [1.165, 1.54) is 18.3 Å². The van der Waals surface area contributed by atoms with Crippen molar-refractivity contribution in [2.24, 2.45) is 4.99 Å². The van der Waals surface area contributed by atoms with Gasteiger partial charge in [-0.05, 0) is 37.3 Å². The van der Waals surface area contributed by atoms with Crippen LogP contribution in [0.2, 0.25) is 5.02 Å². The molecule has 1 aliphatic rings. The number of aromatic nitrogens is 2. The quantitative estimate of drug-likeness (QED) is 0.118. The molecule has 1 aliphatic heterocycles. The van der Waals surface area contributed by atoms with Crippen molar-refractivity contribution in [2.75, 3.05) is 23.8 Å². The maximum absolute atomic E-state index is 13.7. The number of anilines is 2. The van der Waals surface area contributed by atoms with E-state index in [4.69, 9.17) is 37.3 Å². The molecule has 3 heterocycles. The van der Waals surface area contributed by atoms with Crippen LogP contribution in [0.5, 0.6) is 0 Å². The third kappa shape index (κ3) is 7.29. The van der Waals surface area contributed by atoms with Gasteiger partial charge >= 0.3 is 17.4 Å². The van der Waals surface area contributed by atoms with Crippen LogP contribution in [0.25, 0.3) is 11.1 Å². The van der Waals surface area contributed by atoms with Gasteiger partial charge in [0.15, 0.2) is 5.58 Å². The van der Waals surface area contributed by atoms with Crippen LogP contribution in [0.1, 0.15) is 35.3 Å². The molecule has 5 rings (SSSR count). The van der Waals surface area contributed by atoms with Crippen molar-refractivity contribution in [3.05, 3.63) is 94.3 Å². The van der Waals surface area contributed by atoms with Gasteiger partial charge in [-0.3, -0.25) is 10.1 Å². The molecule has 12 nitrogen and oxygen atoms in total. The summed E-state index contributed by atoms with van der Waals surface area (Å²) in [6, 6.07) is 16.6. The number of oxazole rings is 1. The number of ether oxygens (including phenoxy) is 2. The Hall–Kier alpha value is -4.94. The largest absolute Gasteiger partial charge is 0.462 e. The molecule has 0 saturated heterocycles. The van der Waals surface area contributed by atoms with Gasteiger partial charge in [-0.1, -0.05) is 41.9 Å². The van der Waals surface area contributed by atoms with Gasteiger partial charge in [-0.15, -0.1) is 0 Å². The Balaban J connectivity index is 1.34. The van der Waals surface area contributed by atoms with Crippen LogP contribution in [0.3, 0.4) is 0 Å². The molecule has 0 saturated carbocycles. The number of hydrogen-bond donors (Lipinski definition) is 3. The van der Waals surface area contributed by atoms with E-state index in [1.54, 1.807) is 37.3 Å². The molecule has 1 amide bonds. The number of hydrogen-bond acceptors (Lipinski definition) is 11. The minimum absolute atomic E-state index is 0.00219. The standard InChI is InChI=1S/C29H24Cl2N6O6/c1-16-23(25(38)35-22-15-17(11-12-32-22)26(39)41-13-6-14-42-27(31)40)24(18-7-2-3-8-19(18)30)36-28(33-16)37-29-34-20-9-4-5-10-21(20)43-29/h2-5,7-12,15,24H,6,13-14H2,1H3,(H,32,35,38)(H2,33,34,36,37). The van der Waals surface area contributed by atoms with E-state index in [1.807, 2.05) is 18.2 Å². The minimum Gasteiger partial charge on any atom is -0.462 e. The van der Waals surface area contributed by atoms with Crippen molar-refractivity contribution in [1.29, 1.82) is 0 Å². The average molecular weight is 623 g/mol. The van der Waals surface area contributed by atoms with Crippen LogP contribution >= 0.6 is 23.2 Å². The Morgan fingerprint density at radius 2 is 1.81 bits per heavy atom. The van der Waals surface area contributed by atoms with E-state index in [-0.39, 0.29) is 42.6 Å². The number of aliphatic imine (C=N–C) groups is 1. The number of rotatable bonds is 9. The molecule has 14 heteroatoms. The monoisotopic (exact) mass is 622 g/mol. The van der Waals surface area contributed by atoms with E-state index >= 15 is 0 Å². The predicted molar refractivity (Wildman–Crippen MR) is 160 cm³/mol. The number of pyridine rings is 1. The molecule has 43 heavy (non-hydrogen) atoms. The van der Waals surface area contributed by atoms with Crippen molar-refractivity contribution in [3.63, 3.8) is 0 Å². The van der Waals surface area contributed by atoms with Gasteiger partial charge in [0.05, 0.1) is 24.4 Å². The first-order valence-electron chi connectivity index (χ1n) is 13.0. The Labute approximate surface area is 255 Å².